The lowest BCUT2D eigenvalue weighted by Crippen LogP contribution is -2.52. The van der Waals surface area contributed by atoms with E-state index in [-0.39, 0.29) is 18.9 Å². The molecule has 3 N–H and O–H groups in total. The molecule has 30 heavy (non-hydrogen) atoms. The van der Waals surface area contributed by atoms with Crippen LogP contribution in [0.25, 0.3) is 10.4 Å². The van der Waals surface area contributed by atoms with Crippen molar-refractivity contribution in [3.63, 3.8) is 0 Å². The molecule has 1 aliphatic rings. The zero-order valence-electron chi connectivity index (χ0n) is 17.3. The number of aliphatic hydroxyl groups is 2. The topological polar surface area (TPSA) is 156 Å². The average Bonchev–Trinajstić information content (AvgIpc) is 3.34. The van der Waals surface area contributed by atoms with E-state index in [9.17, 15) is 19.8 Å². The first kappa shape index (κ1) is 23.2. The van der Waals surface area contributed by atoms with Gasteiger partial charge in [-0.15, -0.1) is 0 Å². The smallest absolute Gasteiger partial charge is 0.243 e. The fourth-order valence-electron chi connectivity index (χ4n) is 3.25. The summed E-state index contributed by atoms with van der Waals surface area (Å²) in [6.07, 6.45) is 0.784. The summed E-state index contributed by atoms with van der Waals surface area (Å²) in [6.45, 7) is 5.56. The molecule has 11 heteroatoms. The van der Waals surface area contributed by atoms with Crippen molar-refractivity contribution in [3.05, 3.63) is 28.4 Å². The first-order valence-corrected chi connectivity index (χ1v) is 9.79. The average molecular weight is 417 g/mol. The molecule has 0 aliphatic carbocycles. The van der Waals surface area contributed by atoms with Gasteiger partial charge in [0.25, 0.3) is 0 Å². The maximum atomic E-state index is 12.8. The lowest BCUT2D eigenvalue weighted by Gasteiger charge is -2.28. The van der Waals surface area contributed by atoms with Crippen molar-refractivity contribution in [3.8, 4) is 11.8 Å². The molecule has 11 nitrogen and oxygen atoms in total. The standard InChI is InChI=1S/C19H27N7O4/c1-4-26-14(7-8-21-26)6-5-13(11-27)22-18(29)16-9-15(28)10-25(16)19(30)17(12(2)3)23-24-20/h7-8,12-13,15-17,27-28H,4,9-11H2,1-3H3,(H,22,29)/t13-,15-,16+,17+/m1/s1. The number of hydrogen-bond acceptors (Lipinski definition) is 6. The molecule has 0 bridgehead atoms. The molecule has 0 aromatic carbocycles. The van der Waals surface area contributed by atoms with E-state index in [0.717, 1.165) is 0 Å². The summed E-state index contributed by atoms with van der Waals surface area (Å²) in [5, 5.41) is 29.9. The van der Waals surface area contributed by atoms with Crippen molar-refractivity contribution in [2.45, 2.75) is 58.0 Å². The van der Waals surface area contributed by atoms with Crippen LogP contribution in [0, 0.1) is 17.8 Å². The van der Waals surface area contributed by atoms with Crippen LogP contribution in [-0.2, 0) is 16.1 Å². The monoisotopic (exact) mass is 417 g/mol. The van der Waals surface area contributed by atoms with Gasteiger partial charge in [-0.2, -0.15) is 5.10 Å². The Morgan fingerprint density at radius 2 is 2.23 bits per heavy atom. The Bertz CT molecular complexity index is 866. The van der Waals surface area contributed by atoms with Gasteiger partial charge in [0.1, 0.15) is 23.8 Å². The number of aromatic nitrogens is 2. The molecule has 0 radical (unpaired) electrons. The van der Waals surface area contributed by atoms with Crippen LogP contribution < -0.4 is 5.32 Å². The van der Waals surface area contributed by atoms with Gasteiger partial charge in [0, 0.05) is 24.4 Å². The molecule has 1 aromatic heterocycles. The zero-order valence-corrected chi connectivity index (χ0v) is 17.3. The summed E-state index contributed by atoms with van der Waals surface area (Å²) in [5.74, 6) is 4.34. The van der Waals surface area contributed by atoms with E-state index in [2.05, 4.69) is 32.3 Å². The van der Waals surface area contributed by atoms with Gasteiger partial charge in [0.2, 0.25) is 11.8 Å². The van der Waals surface area contributed by atoms with Gasteiger partial charge in [0.05, 0.1) is 18.9 Å². The van der Waals surface area contributed by atoms with Crippen LogP contribution >= 0.6 is 0 Å². The molecule has 1 fully saturated rings. The minimum atomic E-state index is -0.974. The van der Waals surface area contributed by atoms with Crippen molar-refractivity contribution < 1.29 is 19.8 Å². The van der Waals surface area contributed by atoms with Crippen LogP contribution in [0.2, 0.25) is 0 Å². The number of carbonyl (C=O) groups is 2. The van der Waals surface area contributed by atoms with Gasteiger partial charge in [0.15, 0.2) is 0 Å². The summed E-state index contributed by atoms with van der Waals surface area (Å²) in [7, 11) is 0. The van der Waals surface area contributed by atoms with Crippen molar-refractivity contribution in [2.75, 3.05) is 13.2 Å². The Kier molecular flexibility index (Phi) is 8.24. The van der Waals surface area contributed by atoms with Crippen LogP contribution in [0.5, 0.6) is 0 Å². The second kappa shape index (κ2) is 10.6. The molecule has 0 unspecified atom stereocenters. The van der Waals surface area contributed by atoms with Crippen LogP contribution in [0.15, 0.2) is 17.4 Å². The van der Waals surface area contributed by atoms with Crippen LogP contribution in [0.4, 0.5) is 0 Å². The number of amides is 2. The van der Waals surface area contributed by atoms with Crippen LogP contribution in [0.3, 0.4) is 0 Å². The predicted octanol–water partition coefficient (Wildman–Crippen LogP) is 0.0283. The van der Waals surface area contributed by atoms with E-state index >= 15 is 0 Å². The van der Waals surface area contributed by atoms with Crippen molar-refractivity contribution in [2.24, 2.45) is 11.0 Å². The first-order chi connectivity index (χ1) is 14.3. The number of hydrogen-bond donors (Lipinski definition) is 3. The molecule has 0 saturated carbocycles. The third-order valence-electron chi connectivity index (χ3n) is 4.81. The van der Waals surface area contributed by atoms with Crippen molar-refractivity contribution in [1.82, 2.24) is 20.0 Å². The summed E-state index contributed by atoms with van der Waals surface area (Å²) in [5.41, 5.74) is 9.39. The number of nitrogens with zero attached hydrogens (tertiary/aromatic N) is 6. The fraction of sp³-hybridized carbons (Fsp3) is 0.632. The number of likely N-dealkylation sites (tertiary alicyclic amines) is 1. The summed E-state index contributed by atoms with van der Waals surface area (Å²) in [4.78, 5) is 29.6. The lowest BCUT2D eigenvalue weighted by molar-refractivity contribution is -0.140. The Morgan fingerprint density at radius 1 is 1.50 bits per heavy atom. The third kappa shape index (κ3) is 5.51. The highest BCUT2D eigenvalue weighted by atomic mass is 16.3. The second-order valence-corrected chi connectivity index (χ2v) is 7.33. The highest BCUT2D eigenvalue weighted by Gasteiger charge is 2.41. The van der Waals surface area contributed by atoms with Crippen molar-refractivity contribution >= 4 is 11.8 Å². The maximum Gasteiger partial charge on any atom is 0.243 e. The number of aliphatic hydroxyl groups excluding tert-OH is 2. The Morgan fingerprint density at radius 3 is 2.83 bits per heavy atom. The summed E-state index contributed by atoms with van der Waals surface area (Å²) >= 11 is 0. The van der Waals surface area contributed by atoms with E-state index in [1.165, 1.54) is 4.90 Å². The third-order valence-corrected chi connectivity index (χ3v) is 4.81. The SMILES string of the molecule is CCn1nccc1C#C[C@H](CO)NC(=O)[C@@H]1C[C@@H](O)CN1C(=O)[C@@H](N=[N+]=[N-])C(C)C. The Labute approximate surface area is 174 Å². The number of aryl methyl sites for hydroxylation is 1. The zero-order chi connectivity index (χ0) is 22.3. The van der Waals surface area contributed by atoms with Gasteiger partial charge in [-0.3, -0.25) is 14.3 Å². The van der Waals surface area contributed by atoms with Crippen LogP contribution in [0.1, 0.15) is 32.9 Å². The van der Waals surface area contributed by atoms with Gasteiger partial charge < -0.3 is 20.4 Å². The highest BCUT2D eigenvalue weighted by molar-refractivity contribution is 5.91. The minimum Gasteiger partial charge on any atom is -0.393 e. The van der Waals surface area contributed by atoms with Gasteiger partial charge in [-0.1, -0.05) is 24.9 Å². The summed E-state index contributed by atoms with van der Waals surface area (Å²) < 4.78 is 1.68. The normalized spacial score (nSPS) is 20.1. The van der Waals surface area contributed by atoms with E-state index in [1.807, 2.05) is 6.92 Å². The number of carbonyl (C=O) groups excluding carboxylic acids is 2. The molecule has 2 amide bonds. The molecule has 0 spiro atoms. The van der Waals surface area contributed by atoms with Gasteiger partial charge >= 0.3 is 0 Å². The largest absolute Gasteiger partial charge is 0.393 e. The number of nitrogens with one attached hydrogen (secondary N) is 1. The molecule has 1 aromatic rings. The number of β-amino-alcohol motifs (C(OH)–C–C–N with tert-alkyl or cyclic N) is 1. The van der Waals surface area contributed by atoms with E-state index < -0.39 is 42.7 Å². The quantitative estimate of drug-likeness (QED) is 0.247. The maximum absolute atomic E-state index is 12.8. The molecule has 162 valence electrons. The van der Waals surface area contributed by atoms with Crippen molar-refractivity contribution in [1.29, 1.82) is 0 Å². The number of rotatable bonds is 7. The highest BCUT2D eigenvalue weighted by Crippen LogP contribution is 2.22. The minimum absolute atomic E-state index is 0.0355. The Hall–Kier alpha value is -3.06. The fourth-order valence-corrected chi connectivity index (χ4v) is 3.25. The lowest BCUT2D eigenvalue weighted by atomic mass is 10.0. The van der Waals surface area contributed by atoms with Gasteiger partial charge in [-0.05, 0) is 30.4 Å². The van der Waals surface area contributed by atoms with Crippen LogP contribution in [-0.4, -0.2) is 74.1 Å². The summed E-state index contributed by atoms with van der Waals surface area (Å²) in [6, 6.07) is -1.05. The molecular formula is C19H27N7O4. The van der Waals surface area contributed by atoms with E-state index in [4.69, 9.17) is 5.53 Å². The first-order valence-electron chi connectivity index (χ1n) is 9.79. The van der Waals surface area contributed by atoms with E-state index in [1.54, 1.807) is 30.8 Å². The predicted molar refractivity (Wildman–Crippen MR) is 108 cm³/mol. The molecule has 1 aliphatic heterocycles. The second-order valence-electron chi connectivity index (χ2n) is 7.33. The van der Waals surface area contributed by atoms with E-state index in [0.29, 0.717) is 12.2 Å². The molecule has 2 rings (SSSR count). The molecule has 4 atom stereocenters. The number of azide groups is 1. The van der Waals surface area contributed by atoms with Gasteiger partial charge in [-0.25, -0.2) is 0 Å². The molecule has 2 heterocycles. The molecular weight excluding hydrogens is 390 g/mol. The molecule has 1 saturated heterocycles. The Balaban J connectivity index is 2.15.